The first-order valence-corrected chi connectivity index (χ1v) is 8.47. The molecule has 3 heterocycles. The molecule has 5 nitrogen and oxygen atoms in total. The molecular formula is C16H23N5S. The van der Waals surface area contributed by atoms with E-state index in [1.54, 1.807) is 17.5 Å². The molecule has 0 aromatic carbocycles. The molecule has 0 unspecified atom stereocenters. The third-order valence-electron chi connectivity index (χ3n) is 3.82. The fourth-order valence-electron chi connectivity index (χ4n) is 2.36. The zero-order chi connectivity index (χ0) is 16.0. The van der Waals surface area contributed by atoms with Gasteiger partial charge < -0.3 is 10.6 Å². The molecule has 0 saturated carbocycles. The van der Waals surface area contributed by atoms with E-state index in [-0.39, 0.29) is 11.0 Å². The summed E-state index contributed by atoms with van der Waals surface area (Å²) in [6, 6.07) is 0. The number of fused-ring (bicyclic) bond motifs is 1. The molecule has 2 aromatic rings. The van der Waals surface area contributed by atoms with Crippen LogP contribution >= 0.6 is 11.3 Å². The van der Waals surface area contributed by atoms with Crippen LogP contribution in [-0.4, -0.2) is 33.2 Å². The molecule has 1 saturated heterocycles. The molecule has 0 aliphatic carbocycles. The molecule has 1 fully saturated rings. The van der Waals surface area contributed by atoms with Gasteiger partial charge >= 0.3 is 0 Å². The third-order valence-corrected chi connectivity index (χ3v) is 4.80. The number of hydrogen-bond donors (Lipinski definition) is 1. The molecule has 118 valence electrons. The Morgan fingerprint density at radius 3 is 2.64 bits per heavy atom. The molecule has 0 spiro atoms. The summed E-state index contributed by atoms with van der Waals surface area (Å²) in [7, 11) is 0. The Kier molecular flexibility index (Phi) is 3.66. The monoisotopic (exact) mass is 317 g/mol. The molecule has 0 radical (unpaired) electrons. The summed E-state index contributed by atoms with van der Waals surface area (Å²) in [5.74, 6) is 6.43. The Bertz CT molecular complexity index is 728. The Morgan fingerprint density at radius 1 is 1.32 bits per heavy atom. The minimum atomic E-state index is -0.0444. The second-order valence-electron chi connectivity index (χ2n) is 7.36. The van der Waals surface area contributed by atoms with Crippen molar-refractivity contribution >= 4 is 21.4 Å². The highest BCUT2D eigenvalue weighted by atomic mass is 32.1. The smallest absolute Gasteiger partial charge is 0.215 e. The van der Waals surface area contributed by atoms with Gasteiger partial charge in [-0.2, -0.15) is 4.52 Å². The fourth-order valence-corrected chi connectivity index (χ4v) is 3.28. The van der Waals surface area contributed by atoms with Crippen LogP contribution in [0, 0.1) is 17.3 Å². The molecule has 3 rings (SSSR count). The first-order chi connectivity index (χ1) is 10.2. The van der Waals surface area contributed by atoms with Gasteiger partial charge in [-0.1, -0.05) is 17.3 Å². The van der Waals surface area contributed by atoms with Crippen molar-refractivity contribution in [1.82, 2.24) is 14.6 Å². The van der Waals surface area contributed by atoms with Gasteiger partial charge in [0, 0.05) is 24.0 Å². The van der Waals surface area contributed by atoms with Crippen molar-refractivity contribution in [3.8, 4) is 11.8 Å². The van der Waals surface area contributed by atoms with E-state index in [9.17, 15) is 0 Å². The minimum Gasteiger partial charge on any atom is -0.347 e. The lowest BCUT2D eigenvalue weighted by Crippen LogP contribution is -2.48. The highest BCUT2D eigenvalue weighted by molar-refractivity contribution is 7.20. The summed E-state index contributed by atoms with van der Waals surface area (Å²) in [5, 5.41) is 5.71. The fraction of sp³-hybridized carbons (Fsp3) is 0.625. The third kappa shape index (κ3) is 3.26. The van der Waals surface area contributed by atoms with Crippen molar-refractivity contribution < 1.29 is 0 Å². The van der Waals surface area contributed by atoms with Gasteiger partial charge in [0.2, 0.25) is 10.1 Å². The van der Waals surface area contributed by atoms with E-state index in [1.807, 2.05) is 4.52 Å². The highest BCUT2D eigenvalue weighted by Crippen LogP contribution is 2.28. The van der Waals surface area contributed by atoms with Crippen molar-refractivity contribution in [3.05, 3.63) is 11.9 Å². The van der Waals surface area contributed by atoms with E-state index in [0.717, 1.165) is 41.7 Å². The summed E-state index contributed by atoms with van der Waals surface area (Å²) < 4.78 is 1.86. The summed E-state index contributed by atoms with van der Waals surface area (Å²) in [6.45, 7) is 10.3. The van der Waals surface area contributed by atoms with Crippen LogP contribution in [0.1, 0.15) is 46.2 Å². The van der Waals surface area contributed by atoms with Gasteiger partial charge in [0.05, 0.1) is 6.20 Å². The van der Waals surface area contributed by atoms with Crippen molar-refractivity contribution in [2.75, 3.05) is 18.0 Å². The van der Waals surface area contributed by atoms with E-state index in [1.165, 1.54) is 0 Å². The lowest BCUT2D eigenvalue weighted by Gasteiger charge is -2.36. The van der Waals surface area contributed by atoms with Gasteiger partial charge in [-0.3, -0.25) is 0 Å². The number of anilines is 1. The zero-order valence-corrected chi connectivity index (χ0v) is 14.5. The van der Waals surface area contributed by atoms with Crippen LogP contribution in [0.5, 0.6) is 0 Å². The van der Waals surface area contributed by atoms with E-state index >= 15 is 0 Å². The number of nitrogens with zero attached hydrogens (tertiary/aromatic N) is 4. The number of piperidine rings is 1. The van der Waals surface area contributed by atoms with Crippen molar-refractivity contribution in [1.29, 1.82) is 0 Å². The molecule has 22 heavy (non-hydrogen) atoms. The average Bonchev–Trinajstić information content (AvgIpc) is 2.95. The van der Waals surface area contributed by atoms with Crippen molar-refractivity contribution in [2.45, 2.75) is 46.1 Å². The predicted molar refractivity (Wildman–Crippen MR) is 91.2 cm³/mol. The van der Waals surface area contributed by atoms with Gasteiger partial charge in [-0.25, -0.2) is 4.98 Å². The summed E-state index contributed by atoms with van der Waals surface area (Å²) in [5.41, 5.74) is 6.98. The first kappa shape index (κ1) is 15.3. The van der Waals surface area contributed by atoms with E-state index in [0.29, 0.717) is 0 Å². The number of aromatic nitrogens is 3. The summed E-state index contributed by atoms with van der Waals surface area (Å²) >= 11 is 1.62. The van der Waals surface area contributed by atoms with Gasteiger partial charge in [0.25, 0.3) is 0 Å². The molecule has 1 aliphatic rings. The zero-order valence-electron chi connectivity index (χ0n) is 13.7. The van der Waals surface area contributed by atoms with Crippen LogP contribution in [0.2, 0.25) is 0 Å². The molecule has 0 bridgehead atoms. The second kappa shape index (κ2) is 5.25. The normalized spacial score (nSPS) is 18.3. The van der Waals surface area contributed by atoms with Crippen LogP contribution in [0.25, 0.3) is 4.96 Å². The maximum Gasteiger partial charge on any atom is 0.215 e. The van der Waals surface area contributed by atoms with Gasteiger partial charge in [-0.15, -0.1) is 5.10 Å². The Labute approximate surface area is 135 Å². The van der Waals surface area contributed by atoms with E-state index in [2.05, 4.69) is 49.4 Å². The van der Waals surface area contributed by atoms with E-state index < -0.39 is 0 Å². The van der Waals surface area contributed by atoms with Crippen LogP contribution in [0.4, 0.5) is 5.13 Å². The topological polar surface area (TPSA) is 59.5 Å². The average molecular weight is 317 g/mol. The quantitative estimate of drug-likeness (QED) is 0.821. The molecular weight excluding hydrogens is 294 g/mol. The van der Waals surface area contributed by atoms with E-state index in [4.69, 9.17) is 10.8 Å². The van der Waals surface area contributed by atoms with Crippen molar-refractivity contribution in [2.24, 2.45) is 11.1 Å². The van der Waals surface area contributed by atoms with Gasteiger partial charge in [0.15, 0.2) is 0 Å². The molecule has 2 N–H and O–H groups in total. The van der Waals surface area contributed by atoms with Crippen LogP contribution in [-0.2, 0) is 0 Å². The van der Waals surface area contributed by atoms with Crippen LogP contribution in [0.15, 0.2) is 6.20 Å². The maximum absolute atomic E-state index is 6.20. The molecule has 2 aromatic heterocycles. The standard InChI is InChI=1S/C16H23N5S/c1-15(2,3)6-5-12-11-18-13-21(12)19-14(22-13)20-9-7-16(4,17)8-10-20/h11H,7-10,17H2,1-4H3. The van der Waals surface area contributed by atoms with Crippen molar-refractivity contribution in [3.63, 3.8) is 0 Å². The SMILES string of the molecule is CC(C)(C)C#Cc1cnc2sc(N3CCC(C)(N)CC3)nn12. The summed E-state index contributed by atoms with van der Waals surface area (Å²) in [4.78, 5) is 7.63. The number of rotatable bonds is 1. The Morgan fingerprint density at radius 2 is 2.00 bits per heavy atom. The van der Waals surface area contributed by atoms with Crippen LogP contribution in [0.3, 0.4) is 0 Å². The largest absolute Gasteiger partial charge is 0.347 e. The number of nitrogens with two attached hydrogens (primary N) is 1. The highest BCUT2D eigenvalue weighted by Gasteiger charge is 2.27. The number of hydrogen-bond acceptors (Lipinski definition) is 5. The summed E-state index contributed by atoms with van der Waals surface area (Å²) in [6.07, 6.45) is 3.78. The van der Waals surface area contributed by atoms with Gasteiger partial charge in [-0.05, 0) is 46.5 Å². The van der Waals surface area contributed by atoms with Gasteiger partial charge in [0.1, 0.15) is 5.69 Å². The number of imidazole rings is 1. The molecule has 0 atom stereocenters. The first-order valence-electron chi connectivity index (χ1n) is 7.65. The Hall–Kier alpha value is -1.58. The minimum absolute atomic E-state index is 0.0263. The lowest BCUT2D eigenvalue weighted by atomic mass is 9.91. The molecule has 6 heteroatoms. The predicted octanol–water partition coefficient (Wildman–Crippen LogP) is 2.51. The Balaban J connectivity index is 1.85. The molecule has 0 amide bonds. The lowest BCUT2D eigenvalue weighted by molar-refractivity contribution is 0.363. The second-order valence-corrected chi connectivity index (χ2v) is 8.30. The molecule has 1 aliphatic heterocycles. The maximum atomic E-state index is 6.20. The van der Waals surface area contributed by atoms with Crippen LogP contribution < -0.4 is 10.6 Å².